The highest BCUT2D eigenvalue weighted by molar-refractivity contribution is 5.98. The fraction of sp³-hybridized carbons (Fsp3) is 0.429. The molecule has 0 radical (unpaired) electrons. The van der Waals surface area contributed by atoms with Crippen LogP contribution in [0.1, 0.15) is 17.5 Å². The second kappa shape index (κ2) is 4.80. The minimum Gasteiger partial charge on any atom is -0.349 e. The average molecular weight is 246 g/mol. The Morgan fingerprint density at radius 3 is 2.83 bits per heavy atom. The number of hydrogen-bond acceptors (Lipinski definition) is 2. The first-order valence-electron chi connectivity index (χ1n) is 6.08. The van der Waals surface area contributed by atoms with Gasteiger partial charge < -0.3 is 10.2 Å². The van der Waals surface area contributed by atoms with E-state index in [1.54, 1.807) is 14.1 Å². The number of para-hydroxylation sites is 1. The van der Waals surface area contributed by atoms with Crippen LogP contribution in [0.15, 0.2) is 18.2 Å². The summed E-state index contributed by atoms with van der Waals surface area (Å²) in [7, 11) is 3.42. The summed E-state index contributed by atoms with van der Waals surface area (Å²) in [6.07, 6.45) is 0.911. The van der Waals surface area contributed by atoms with Gasteiger partial charge in [-0.05, 0) is 24.5 Å². The van der Waals surface area contributed by atoms with E-state index < -0.39 is 0 Å². The van der Waals surface area contributed by atoms with Gasteiger partial charge in [0.05, 0.1) is 5.92 Å². The zero-order valence-electron chi connectivity index (χ0n) is 11.0. The van der Waals surface area contributed by atoms with Gasteiger partial charge in [-0.3, -0.25) is 9.59 Å². The minimum absolute atomic E-state index is 0.00810. The molecule has 2 amide bonds. The quantitative estimate of drug-likeness (QED) is 0.861. The number of carbonyl (C=O) groups is 2. The lowest BCUT2D eigenvalue weighted by Gasteiger charge is -2.26. The van der Waals surface area contributed by atoms with Crippen LogP contribution in [-0.4, -0.2) is 30.8 Å². The molecule has 4 heteroatoms. The highest BCUT2D eigenvalue weighted by atomic mass is 16.2. The van der Waals surface area contributed by atoms with Crippen LogP contribution in [0.4, 0.5) is 5.69 Å². The molecule has 0 aliphatic carbocycles. The van der Waals surface area contributed by atoms with Crippen LogP contribution in [0, 0.1) is 12.8 Å². The molecule has 0 bridgehead atoms. The zero-order chi connectivity index (χ0) is 13.3. The third-order valence-corrected chi connectivity index (χ3v) is 3.36. The molecular weight excluding hydrogens is 228 g/mol. The smallest absolute Gasteiger partial charge is 0.228 e. The molecule has 1 aliphatic rings. The molecule has 1 heterocycles. The predicted octanol–water partition coefficient (Wildman–Crippen LogP) is 1.58. The summed E-state index contributed by atoms with van der Waals surface area (Å²) in [5.74, 6) is -0.313. The summed E-state index contributed by atoms with van der Waals surface area (Å²) in [6, 6.07) is 5.97. The number of hydrogen-bond donors (Lipinski definition) is 1. The molecule has 1 aliphatic heterocycles. The maximum atomic E-state index is 12.0. The highest BCUT2D eigenvalue weighted by Crippen LogP contribution is 2.29. The third kappa shape index (κ3) is 2.37. The van der Waals surface area contributed by atoms with Crippen LogP contribution in [0.5, 0.6) is 0 Å². The molecule has 0 fully saturated rings. The number of anilines is 1. The molecule has 96 valence electrons. The number of fused-ring (bicyclic) bond motifs is 1. The molecule has 1 aromatic rings. The van der Waals surface area contributed by atoms with Crippen LogP contribution < -0.4 is 5.32 Å². The highest BCUT2D eigenvalue weighted by Gasteiger charge is 2.29. The zero-order valence-corrected chi connectivity index (χ0v) is 11.0. The SMILES string of the molecule is Cc1cccc2c1NC(=O)C(CC(=O)N(C)C)C2. The molecule has 0 saturated carbocycles. The Labute approximate surface area is 107 Å². The number of carbonyl (C=O) groups excluding carboxylic acids is 2. The second-order valence-corrected chi connectivity index (χ2v) is 4.99. The molecule has 4 nitrogen and oxygen atoms in total. The van der Waals surface area contributed by atoms with E-state index in [1.807, 2.05) is 25.1 Å². The van der Waals surface area contributed by atoms with Crippen LogP contribution in [-0.2, 0) is 16.0 Å². The Balaban J connectivity index is 2.19. The van der Waals surface area contributed by atoms with Crippen LogP contribution in [0.2, 0.25) is 0 Å². The fourth-order valence-electron chi connectivity index (χ4n) is 2.22. The lowest BCUT2D eigenvalue weighted by molar-refractivity contribution is -0.133. The molecule has 1 unspecified atom stereocenters. The summed E-state index contributed by atoms with van der Waals surface area (Å²) in [5, 5.41) is 2.91. The lowest BCUT2D eigenvalue weighted by Crippen LogP contribution is -2.34. The summed E-state index contributed by atoms with van der Waals surface area (Å²) in [4.78, 5) is 25.2. The maximum Gasteiger partial charge on any atom is 0.228 e. The summed E-state index contributed by atoms with van der Waals surface area (Å²) in [6.45, 7) is 1.98. The molecule has 0 saturated heterocycles. The molecule has 1 N–H and O–H groups in total. The van der Waals surface area contributed by atoms with Gasteiger partial charge in [0.1, 0.15) is 0 Å². The van der Waals surface area contributed by atoms with Gasteiger partial charge in [-0.25, -0.2) is 0 Å². The number of amides is 2. The Hall–Kier alpha value is -1.84. The predicted molar refractivity (Wildman–Crippen MR) is 70.3 cm³/mol. The van der Waals surface area contributed by atoms with Gasteiger partial charge in [0.2, 0.25) is 11.8 Å². The lowest BCUT2D eigenvalue weighted by atomic mass is 9.89. The average Bonchev–Trinajstić information content (AvgIpc) is 2.31. The van der Waals surface area contributed by atoms with E-state index in [0.29, 0.717) is 6.42 Å². The van der Waals surface area contributed by atoms with Crippen LogP contribution in [0.3, 0.4) is 0 Å². The Morgan fingerprint density at radius 1 is 1.44 bits per heavy atom. The van der Waals surface area contributed by atoms with Crippen molar-refractivity contribution in [2.45, 2.75) is 19.8 Å². The number of aryl methyl sites for hydroxylation is 1. The molecule has 0 aromatic heterocycles. The van der Waals surface area contributed by atoms with Gasteiger partial charge in [0.15, 0.2) is 0 Å². The molecule has 18 heavy (non-hydrogen) atoms. The molecule has 2 rings (SSSR count). The van der Waals surface area contributed by atoms with Crippen molar-refractivity contribution in [2.24, 2.45) is 5.92 Å². The maximum absolute atomic E-state index is 12.0. The normalized spacial score (nSPS) is 17.9. The van der Waals surface area contributed by atoms with Gasteiger partial charge in [-0.1, -0.05) is 18.2 Å². The monoisotopic (exact) mass is 246 g/mol. The van der Waals surface area contributed by atoms with Crippen molar-refractivity contribution in [2.75, 3.05) is 19.4 Å². The van der Waals surface area contributed by atoms with Crippen molar-refractivity contribution < 1.29 is 9.59 Å². The van der Waals surface area contributed by atoms with E-state index in [-0.39, 0.29) is 24.2 Å². The number of nitrogens with zero attached hydrogens (tertiary/aromatic N) is 1. The van der Waals surface area contributed by atoms with Crippen molar-refractivity contribution in [3.63, 3.8) is 0 Å². The van der Waals surface area contributed by atoms with E-state index in [1.165, 1.54) is 4.90 Å². The van der Waals surface area contributed by atoms with Crippen molar-refractivity contribution in [1.82, 2.24) is 4.90 Å². The van der Waals surface area contributed by atoms with Gasteiger partial charge in [0, 0.05) is 26.2 Å². The van der Waals surface area contributed by atoms with Gasteiger partial charge >= 0.3 is 0 Å². The fourth-order valence-corrected chi connectivity index (χ4v) is 2.22. The van der Waals surface area contributed by atoms with E-state index in [9.17, 15) is 9.59 Å². The topological polar surface area (TPSA) is 49.4 Å². The van der Waals surface area contributed by atoms with Crippen molar-refractivity contribution in [3.8, 4) is 0 Å². The van der Waals surface area contributed by atoms with E-state index >= 15 is 0 Å². The standard InChI is InChI=1S/C14H18N2O2/c1-9-5-4-6-10-7-11(8-12(17)16(2)3)14(18)15-13(9)10/h4-6,11H,7-8H2,1-3H3,(H,15,18). The van der Waals surface area contributed by atoms with E-state index in [0.717, 1.165) is 16.8 Å². The van der Waals surface area contributed by atoms with Gasteiger partial charge in [-0.15, -0.1) is 0 Å². The van der Waals surface area contributed by atoms with Crippen molar-refractivity contribution >= 4 is 17.5 Å². The minimum atomic E-state index is -0.255. The summed E-state index contributed by atoms with van der Waals surface area (Å²) in [5.41, 5.74) is 3.10. The first kappa shape index (κ1) is 12.6. The molecule has 1 aromatic carbocycles. The van der Waals surface area contributed by atoms with E-state index in [2.05, 4.69) is 5.32 Å². The van der Waals surface area contributed by atoms with Gasteiger partial charge in [0.25, 0.3) is 0 Å². The van der Waals surface area contributed by atoms with Crippen LogP contribution >= 0.6 is 0 Å². The molecular formula is C14H18N2O2. The Bertz CT molecular complexity index is 495. The van der Waals surface area contributed by atoms with E-state index in [4.69, 9.17) is 0 Å². The number of rotatable bonds is 2. The van der Waals surface area contributed by atoms with Crippen molar-refractivity contribution in [1.29, 1.82) is 0 Å². The summed E-state index contributed by atoms with van der Waals surface area (Å²) >= 11 is 0. The first-order chi connectivity index (χ1) is 8.49. The largest absolute Gasteiger partial charge is 0.349 e. The number of benzene rings is 1. The molecule has 0 spiro atoms. The second-order valence-electron chi connectivity index (χ2n) is 4.99. The van der Waals surface area contributed by atoms with Gasteiger partial charge in [-0.2, -0.15) is 0 Å². The molecule has 1 atom stereocenters. The third-order valence-electron chi connectivity index (χ3n) is 3.36. The first-order valence-corrected chi connectivity index (χ1v) is 6.08. The Morgan fingerprint density at radius 2 is 2.17 bits per heavy atom. The van der Waals surface area contributed by atoms with Crippen molar-refractivity contribution in [3.05, 3.63) is 29.3 Å². The van der Waals surface area contributed by atoms with Crippen LogP contribution in [0.25, 0.3) is 0 Å². The number of nitrogens with one attached hydrogen (secondary N) is 1. The summed E-state index contributed by atoms with van der Waals surface area (Å²) < 4.78 is 0. The Kier molecular flexibility index (Phi) is 3.36.